The van der Waals surface area contributed by atoms with Crippen molar-refractivity contribution in [1.29, 1.82) is 0 Å². The van der Waals surface area contributed by atoms with Crippen molar-refractivity contribution in [1.82, 2.24) is 4.90 Å². The number of amides is 2. The molecule has 1 heterocycles. The first-order valence-electron chi connectivity index (χ1n) is 7.40. The number of urea groups is 1. The summed E-state index contributed by atoms with van der Waals surface area (Å²) in [5.74, 6) is 0.904. The molecule has 0 saturated carbocycles. The maximum atomic E-state index is 12.4. The van der Waals surface area contributed by atoms with E-state index >= 15 is 0 Å². The number of nitrogens with zero attached hydrogens (tertiary/aromatic N) is 1. The summed E-state index contributed by atoms with van der Waals surface area (Å²) in [6.45, 7) is 3.80. The molecule has 1 N–H and O–H groups in total. The molecule has 21 heavy (non-hydrogen) atoms. The minimum atomic E-state index is -0.00789. The van der Waals surface area contributed by atoms with Gasteiger partial charge in [0.1, 0.15) is 0 Å². The summed E-state index contributed by atoms with van der Waals surface area (Å²) in [6.07, 6.45) is 0. The summed E-state index contributed by atoms with van der Waals surface area (Å²) in [7, 11) is 0. The molecule has 3 heteroatoms. The highest BCUT2D eigenvalue weighted by Crippen LogP contribution is 2.32. The lowest BCUT2D eigenvalue weighted by molar-refractivity contribution is 0.221. The van der Waals surface area contributed by atoms with Crippen molar-refractivity contribution in [2.24, 2.45) is 5.92 Å². The average Bonchev–Trinajstić information content (AvgIpc) is 2.91. The van der Waals surface area contributed by atoms with Gasteiger partial charge < -0.3 is 10.2 Å². The van der Waals surface area contributed by atoms with Crippen LogP contribution < -0.4 is 5.32 Å². The Bertz CT molecular complexity index is 597. The standard InChI is InChI=1S/C18H20N2O/c1-14-12-20(13-17(14)15-8-4-2-5-9-15)18(21)19-16-10-6-3-7-11-16/h2-11,14,17H,12-13H2,1H3,(H,19,21). The van der Waals surface area contributed by atoms with Gasteiger partial charge in [0.05, 0.1) is 0 Å². The van der Waals surface area contributed by atoms with Gasteiger partial charge in [-0.1, -0.05) is 55.5 Å². The lowest BCUT2D eigenvalue weighted by Crippen LogP contribution is -2.33. The number of anilines is 1. The Kier molecular flexibility index (Phi) is 3.91. The number of hydrogen-bond acceptors (Lipinski definition) is 1. The normalized spacial score (nSPS) is 21.3. The predicted molar refractivity (Wildman–Crippen MR) is 85.4 cm³/mol. The van der Waals surface area contributed by atoms with Crippen LogP contribution in [0.25, 0.3) is 0 Å². The lowest BCUT2D eigenvalue weighted by atomic mass is 9.90. The Morgan fingerprint density at radius 1 is 1.00 bits per heavy atom. The predicted octanol–water partition coefficient (Wildman–Crippen LogP) is 3.95. The molecule has 3 rings (SSSR count). The number of nitrogens with one attached hydrogen (secondary N) is 1. The fraction of sp³-hybridized carbons (Fsp3) is 0.278. The number of likely N-dealkylation sites (tertiary alicyclic amines) is 1. The van der Waals surface area contributed by atoms with Gasteiger partial charge in [-0.05, 0) is 23.6 Å². The van der Waals surface area contributed by atoms with E-state index in [1.165, 1.54) is 5.56 Å². The molecule has 0 bridgehead atoms. The molecule has 1 aliphatic heterocycles. The van der Waals surface area contributed by atoms with Crippen LogP contribution in [0.3, 0.4) is 0 Å². The lowest BCUT2D eigenvalue weighted by Gasteiger charge is -2.17. The van der Waals surface area contributed by atoms with Crippen molar-refractivity contribution in [3.05, 3.63) is 66.2 Å². The van der Waals surface area contributed by atoms with Crippen LogP contribution >= 0.6 is 0 Å². The summed E-state index contributed by atoms with van der Waals surface area (Å²) in [6, 6.07) is 20.1. The summed E-state index contributed by atoms with van der Waals surface area (Å²) >= 11 is 0. The van der Waals surface area contributed by atoms with E-state index in [0.717, 1.165) is 18.8 Å². The summed E-state index contributed by atoms with van der Waals surface area (Å²) in [5, 5.41) is 2.96. The van der Waals surface area contributed by atoms with Crippen molar-refractivity contribution in [3.63, 3.8) is 0 Å². The van der Waals surface area contributed by atoms with Gasteiger partial charge in [0.2, 0.25) is 0 Å². The van der Waals surface area contributed by atoms with Gasteiger partial charge in [-0.2, -0.15) is 0 Å². The third kappa shape index (κ3) is 3.07. The summed E-state index contributed by atoms with van der Waals surface area (Å²) in [5.41, 5.74) is 2.17. The molecule has 0 spiro atoms. The Balaban J connectivity index is 1.67. The van der Waals surface area contributed by atoms with E-state index in [-0.39, 0.29) is 6.03 Å². The van der Waals surface area contributed by atoms with Gasteiger partial charge in [0.15, 0.2) is 0 Å². The first-order chi connectivity index (χ1) is 10.2. The molecular formula is C18H20N2O. The molecule has 1 saturated heterocycles. The topological polar surface area (TPSA) is 32.3 Å². The second-order valence-electron chi connectivity index (χ2n) is 5.70. The molecule has 1 fully saturated rings. The van der Waals surface area contributed by atoms with Crippen LogP contribution in [0.4, 0.5) is 10.5 Å². The van der Waals surface area contributed by atoms with Gasteiger partial charge in [0, 0.05) is 24.7 Å². The fourth-order valence-corrected chi connectivity index (χ4v) is 2.99. The van der Waals surface area contributed by atoms with Gasteiger partial charge in [-0.15, -0.1) is 0 Å². The molecule has 1 aliphatic rings. The quantitative estimate of drug-likeness (QED) is 0.887. The average molecular weight is 280 g/mol. The molecule has 2 amide bonds. The highest BCUT2D eigenvalue weighted by molar-refractivity contribution is 5.89. The van der Waals surface area contributed by atoms with E-state index in [1.807, 2.05) is 41.3 Å². The molecule has 2 atom stereocenters. The Morgan fingerprint density at radius 3 is 2.29 bits per heavy atom. The highest BCUT2D eigenvalue weighted by atomic mass is 16.2. The van der Waals surface area contributed by atoms with Crippen LogP contribution in [-0.4, -0.2) is 24.0 Å². The molecule has 2 aromatic rings. The van der Waals surface area contributed by atoms with Crippen LogP contribution in [0.5, 0.6) is 0 Å². The maximum absolute atomic E-state index is 12.4. The first-order valence-corrected chi connectivity index (χ1v) is 7.40. The Hall–Kier alpha value is -2.29. The molecule has 108 valence electrons. The number of carbonyl (C=O) groups is 1. The zero-order valence-electron chi connectivity index (χ0n) is 12.2. The van der Waals surface area contributed by atoms with E-state index < -0.39 is 0 Å². The smallest absolute Gasteiger partial charge is 0.321 e. The summed E-state index contributed by atoms with van der Waals surface area (Å²) in [4.78, 5) is 14.3. The van der Waals surface area contributed by atoms with Crippen molar-refractivity contribution in [2.45, 2.75) is 12.8 Å². The molecule has 0 aliphatic carbocycles. The Labute approximate surface area is 125 Å². The van der Waals surface area contributed by atoms with Crippen LogP contribution in [0.15, 0.2) is 60.7 Å². The van der Waals surface area contributed by atoms with E-state index in [4.69, 9.17) is 0 Å². The third-order valence-electron chi connectivity index (χ3n) is 4.15. The number of hydrogen-bond donors (Lipinski definition) is 1. The zero-order valence-corrected chi connectivity index (χ0v) is 12.2. The molecule has 0 aromatic heterocycles. The molecule has 2 unspecified atom stereocenters. The zero-order chi connectivity index (χ0) is 14.7. The highest BCUT2D eigenvalue weighted by Gasteiger charge is 2.33. The molecule has 0 radical (unpaired) electrons. The number of benzene rings is 2. The van der Waals surface area contributed by atoms with Crippen LogP contribution in [0.1, 0.15) is 18.4 Å². The number of para-hydroxylation sites is 1. The first kappa shape index (κ1) is 13.7. The van der Waals surface area contributed by atoms with Crippen LogP contribution in [-0.2, 0) is 0 Å². The monoisotopic (exact) mass is 280 g/mol. The van der Waals surface area contributed by atoms with Crippen LogP contribution in [0, 0.1) is 5.92 Å². The summed E-state index contributed by atoms with van der Waals surface area (Å²) < 4.78 is 0. The molecule has 2 aromatic carbocycles. The van der Waals surface area contributed by atoms with Gasteiger partial charge in [0.25, 0.3) is 0 Å². The largest absolute Gasteiger partial charge is 0.324 e. The van der Waals surface area contributed by atoms with Gasteiger partial charge >= 0.3 is 6.03 Å². The van der Waals surface area contributed by atoms with E-state index in [2.05, 4.69) is 36.5 Å². The number of rotatable bonds is 2. The van der Waals surface area contributed by atoms with Gasteiger partial charge in [-0.3, -0.25) is 0 Å². The SMILES string of the molecule is CC1CN(C(=O)Nc2ccccc2)CC1c1ccccc1. The van der Waals surface area contributed by atoms with E-state index in [9.17, 15) is 4.79 Å². The molecular weight excluding hydrogens is 260 g/mol. The second kappa shape index (κ2) is 6.00. The minimum Gasteiger partial charge on any atom is -0.324 e. The maximum Gasteiger partial charge on any atom is 0.321 e. The van der Waals surface area contributed by atoms with E-state index in [0.29, 0.717) is 11.8 Å². The molecule has 3 nitrogen and oxygen atoms in total. The minimum absolute atomic E-state index is 0.00789. The van der Waals surface area contributed by atoms with Crippen molar-refractivity contribution in [3.8, 4) is 0 Å². The van der Waals surface area contributed by atoms with Crippen molar-refractivity contribution < 1.29 is 4.79 Å². The fourth-order valence-electron chi connectivity index (χ4n) is 2.99. The van der Waals surface area contributed by atoms with Crippen LogP contribution in [0.2, 0.25) is 0 Å². The van der Waals surface area contributed by atoms with Gasteiger partial charge in [-0.25, -0.2) is 4.79 Å². The second-order valence-corrected chi connectivity index (χ2v) is 5.70. The Morgan fingerprint density at radius 2 is 1.62 bits per heavy atom. The van der Waals surface area contributed by atoms with Crippen molar-refractivity contribution in [2.75, 3.05) is 18.4 Å². The van der Waals surface area contributed by atoms with Crippen molar-refractivity contribution >= 4 is 11.7 Å². The number of carbonyl (C=O) groups excluding carboxylic acids is 1. The van der Waals surface area contributed by atoms with E-state index in [1.54, 1.807) is 0 Å². The third-order valence-corrected chi connectivity index (χ3v) is 4.15.